The molecule has 0 fully saturated rings. The van der Waals surface area contributed by atoms with Gasteiger partial charge in [0, 0.05) is 6.26 Å². The number of hydrazine groups is 1. The highest BCUT2D eigenvalue weighted by atomic mass is 32.2. The molecular formula is C11H16N2O4S. The second-order valence-corrected chi connectivity index (χ2v) is 6.35. The Hall–Kier alpha value is -1.60. The van der Waals surface area contributed by atoms with Crippen molar-refractivity contribution in [3.63, 3.8) is 0 Å². The maximum atomic E-state index is 11.4. The normalized spacial score (nSPS) is 12.0. The molecule has 0 atom stereocenters. The van der Waals surface area contributed by atoms with Crippen molar-refractivity contribution in [3.8, 4) is 5.75 Å². The van der Waals surface area contributed by atoms with Gasteiger partial charge in [0.25, 0.3) is 5.91 Å². The maximum Gasteiger partial charge on any atom is 0.277 e. The highest BCUT2D eigenvalue weighted by molar-refractivity contribution is 7.90. The van der Waals surface area contributed by atoms with E-state index in [0.717, 1.165) is 6.26 Å². The summed E-state index contributed by atoms with van der Waals surface area (Å²) in [6.45, 7) is 3.11. The molecule has 0 aliphatic heterocycles. The van der Waals surface area contributed by atoms with Crippen LogP contribution in [-0.2, 0) is 14.6 Å². The first-order valence-electron chi connectivity index (χ1n) is 5.17. The van der Waals surface area contributed by atoms with Crippen molar-refractivity contribution in [1.82, 2.24) is 5.43 Å². The van der Waals surface area contributed by atoms with Crippen LogP contribution in [-0.4, -0.2) is 26.2 Å². The lowest BCUT2D eigenvalue weighted by Gasteiger charge is -2.24. The monoisotopic (exact) mass is 272 g/mol. The van der Waals surface area contributed by atoms with Crippen LogP contribution in [0, 0.1) is 0 Å². The third kappa shape index (κ3) is 3.44. The SMILES string of the molecule is CC(C)(Oc1ccc(S(C)(=O)=O)cc1)C(=O)NN. The van der Waals surface area contributed by atoms with Gasteiger partial charge in [-0.3, -0.25) is 10.2 Å². The Morgan fingerprint density at radius 1 is 1.28 bits per heavy atom. The summed E-state index contributed by atoms with van der Waals surface area (Å²) in [6, 6.07) is 5.81. The number of hydrogen-bond acceptors (Lipinski definition) is 5. The number of benzene rings is 1. The molecule has 1 amide bonds. The van der Waals surface area contributed by atoms with Crippen molar-refractivity contribution in [2.75, 3.05) is 6.26 Å². The van der Waals surface area contributed by atoms with Crippen LogP contribution in [0.25, 0.3) is 0 Å². The van der Waals surface area contributed by atoms with Gasteiger partial charge in [0.2, 0.25) is 0 Å². The molecule has 0 saturated carbocycles. The molecular weight excluding hydrogens is 256 g/mol. The molecule has 1 rings (SSSR count). The van der Waals surface area contributed by atoms with Crippen molar-refractivity contribution >= 4 is 15.7 Å². The van der Waals surface area contributed by atoms with Gasteiger partial charge >= 0.3 is 0 Å². The second kappa shape index (κ2) is 4.95. The zero-order valence-corrected chi connectivity index (χ0v) is 11.2. The second-order valence-electron chi connectivity index (χ2n) is 4.33. The van der Waals surface area contributed by atoms with E-state index in [1.54, 1.807) is 13.8 Å². The third-order valence-corrected chi connectivity index (χ3v) is 3.43. The maximum absolute atomic E-state index is 11.4. The number of nitrogens with two attached hydrogens (primary N) is 1. The van der Waals surface area contributed by atoms with Crippen LogP contribution in [0.2, 0.25) is 0 Å². The number of ether oxygens (including phenoxy) is 1. The zero-order chi connectivity index (χ0) is 14.0. The van der Waals surface area contributed by atoms with Crippen molar-refractivity contribution in [2.24, 2.45) is 5.84 Å². The van der Waals surface area contributed by atoms with Crippen LogP contribution in [0.15, 0.2) is 29.2 Å². The van der Waals surface area contributed by atoms with E-state index in [9.17, 15) is 13.2 Å². The summed E-state index contributed by atoms with van der Waals surface area (Å²) in [4.78, 5) is 11.6. The summed E-state index contributed by atoms with van der Waals surface area (Å²) in [5.74, 6) is 4.94. The molecule has 0 spiro atoms. The molecule has 0 bridgehead atoms. The number of nitrogens with one attached hydrogen (secondary N) is 1. The largest absolute Gasteiger partial charge is 0.478 e. The van der Waals surface area contributed by atoms with E-state index < -0.39 is 21.3 Å². The number of amides is 1. The van der Waals surface area contributed by atoms with Gasteiger partial charge < -0.3 is 4.74 Å². The van der Waals surface area contributed by atoms with Crippen molar-refractivity contribution in [1.29, 1.82) is 0 Å². The summed E-state index contributed by atoms with van der Waals surface area (Å²) >= 11 is 0. The molecule has 0 aliphatic carbocycles. The Labute approximate surface area is 106 Å². The Bertz CT molecular complexity index is 535. The minimum absolute atomic E-state index is 0.191. The molecule has 1 aromatic carbocycles. The van der Waals surface area contributed by atoms with Gasteiger partial charge in [-0.25, -0.2) is 14.3 Å². The van der Waals surface area contributed by atoms with E-state index in [1.807, 2.05) is 5.43 Å². The predicted molar refractivity (Wildman–Crippen MR) is 66.6 cm³/mol. The number of hydrogen-bond donors (Lipinski definition) is 2. The smallest absolute Gasteiger partial charge is 0.277 e. The lowest BCUT2D eigenvalue weighted by Crippen LogP contribution is -2.49. The summed E-state index contributed by atoms with van der Waals surface area (Å²) < 4.78 is 28.0. The van der Waals surface area contributed by atoms with Gasteiger partial charge in [-0.1, -0.05) is 0 Å². The molecule has 100 valence electrons. The van der Waals surface area contributed by atoms with Crippen molar-refractivity contribution < 1.29 is 17.9 Å². The van der Waals surface area contributed by atoms with Crippen LogP contribution < -0.4 is 16.0 Å². The molecule has 7 heteroatoms. The molecule has 0 unspecified atom stereocenters. The summed E-state index contributed by atoms with van der Waals surface area (Å²) in [5.41, 5.74) is 0.864. The molecule has 6 nitrogen and oxygen atoms in total. The van der Waals surface area contributed by atoms with E-state index in [1.165, 1.54) is 24.3 Å². The number of sulfone groups is 1. The Morgan fingerprint density at radius 2 is 1.78 bits per heavy atom. The Kier molecular flexibility index (Phi) is 3.98. The Morgan fingerprint density at radius 3 is 2.17 bits per heavy atom. The van der Waals surface area contributed by atoms with Gasteiger partial charge in [-0.05, 0) is 38.1 Å². The van der Waals surface area contributed by atoms with E-state index in [4.69, 9.17) is 10.6 Å². The summed E-state index contributed by atoms with van der Waals surface area (Å²) in [7, 11) is -3.24. The number of carbonyl (C=O) groups excluding carboxylic acids is 1. The lowest BCUT2D eigenvalue weighted by atomic mass is 10.1. The van der Waals surface area contributed by atoms with Gasteiger partial charge in [0.15, 0.2) is 15.4 Å². The minimum atomic E-state index is -3.24. The van der Waals surface area contributed by atoms with Crippen molar-refractivity contribution in [2.45, 2.75) is 24.3 Å². The first-order chi connectivity index (χ1) is 8.16. The molecule has 3 N–H and O–H groups in total. The van der Waals surface area contributed by atoms with E-state index in [-0.39, 0.29) is 4.90 Å². The average Bonchev–Trinajstić information content (AvgIpc) is 2.26. The van der Waals surface area contributed by atoms with Gasteiger partial charge in [0.05, 0.1) is 4.90 Å². The molecule has 18 heavy (non-hydrogen) atoms. The topological polar surface area (TPSA) is 98.5 Å². The van der Waals surface area contributed by atoms with Crippen LogP contribution >= 0.6 is 0 Å². The highest BCUT2D eigenvalue weighted by Gasteiger charge is 2.29. The fourth-order valence-electron chi connectivity index (χ4n) is 1.27. The van der Waals surface area contributed by atoms with Gasteiger partial charge in [0.1, 0.15) is 5.75 Å². The van der Waals surface area contributed by atoms with Gasteiger partial charge in [-0.2, -0.15) is 0 Å². The van der Waals surface area contributed by atoms with Gasteiger partial charge in [-0.15, -0.1) is 0 Å². The van der Waals surface area contributed by atoms with Crippen molar-refractivity contribution in [3.05, 3.63) is 24.3 Å². The fraction of sp³-hybridized carbons (Fsp3) is 0.364. The summed E-state index contributed by atoms with van der Waals surface area (Å²) in [6.07, 6.45) is 1.12. The molecule has 0 radical (unpaired) electrons. The first kappa shape index (κ1) is 14.5. The number of carbonyl (C=O) groups is 1. The van der Waals surface area contributed by atoms with E-state index in [2.05, 4.69) is 0 Å². The van der Waals surface area contributed by atoms with E-state index >= 15 is 0 Å². The average molecular weight is 272 g/mol. The van der Waals surface area contributed by atoms with Crippen LogP contribution in [0.5, 0.6) is 5.75 Å². The van der Waals surface area contributed by atoms with E-state index in [0.29, 0.717) is 5.75 Å². The predicted octanol–water partition coefficient (Wildman–Crippen LogP) is 0.237. The summed E-state index contributed by atoms with van der Waals surface area (Å²) in [5, 5.41) is 0. The quantitative estimate of drug-likeness (QED) is 0.464. The molecule has 0 saturated heterocycles. The zero-order valence-electron chi connectivity index (χ0n) is 10.4. The Balaban J connectivity index is 2.91. The molecule has 0 aromatic heterocycles. The van der Waals surface area contributed by atoms with Crippen LogP contribution in [0.3, 0.4) is 0 Å². The third-order valence-electron chi connectivity index (χ3n) is 2.30. The standard InChI is InChI=1S/C11H16N2O4S/c1-11(2,10(14)13-12)17-8-4-6-9(7-5-8)18(3,15)16/h4-7H,12H2,1-3H3,(H,13,14). The fourth-order valence-corrected chi connectivity index (χ4v) is 1.90. The number of rotatable bonds is 4. The highest BCUT2D eigenvalue weighted by Crippen LogP contribution is 2.20. The first-order valence-corrected chi connectivity index (χ1v) is 7.06. The van der Waals surface area contributed by atoms with Crippen LogP contribution in [0.1, 0.15) is 13.8 Å². The minimum Gasteiger partial charge on any atom is -0.478 e. The molecule has 0 heterocycles. The lowest BCUT2D eigenvalue weighted by molar-refractivity contribution is -0.134. The molecule has 0 aliphatic rings. The molecule has 1 aromatic rings. The van der Waals surface area contributed by atoms with Crippen LogP contribution in [0.4, 0.5) is 0 Å².